The fourth-order valence-electron chi connectivity index (χ4n) is 2.46. The molecule has 1 atom stereocenters. The maximum atomic E-state index is 12.6. The molecule has 0 spiro atoms. The summed E-state index contributed by atoms with van der Waals surface area (Å²) in [6.07, 6.45) is 0.350. The smallest absolute Gasteiger partial charge is 0.225 e. The number of rotatable bonds is 5. The van der Waals surface area contributed by atoms with E-state index in [4.69, 9.17) is 27.9 Å². The second-order valence-electron chi connectivity index (χ2n) is 5.76. The molecule has 0 bridgehead atoms. The number of carbonyl (C=O) groups excluding carboxylic acids is 1. The molecule has 2 rings (SSSR count). The monoisotopic (exact) mass is 380 g/mol. The molecule has 1 saturated heterocycles. The molecule has 0 aromatic heterocycles. The molecule has 1 fully saturated rings. The van der Waals surface area contributed by atoms with E-state index in [1.54, 1.807) is 6.07 Å². The number of ether oxygens (including phenoxy) is 1. The van der Waals surface area contributed by atoms with Gasteiger partial charge in [0.1, 0.15) is 0 Å². The van der Waals surface area contributed by atoms with E-state index in [0.29, 0.717) is 29.6 Å². The number of hydrogen-bond donors (Lipinski definition) is 1. The van der Waals surface area contributed by atoms with Crippen molar-refractivity contribution in [1.29, 1.82) is 0 Å². The summed E-state index contributed by atoms with van der Waals surface area (Å²) in [7, 11) is 0. The molecule has 0 saturated carbocycles. The van der Waals surface area contributed by atoms with Crippen molar-refractivity contribution in [2.75, 3.05) is 19.7 Å². The third-order valence-electron chi connectivity index (χ3n) is 3.69. The first-order valence-corrected chi connectivity index (χ1v) is 8.28. The van der Waals surface area contributed by atoms with E-state index < -0.39 is 0 Å². The molecule has 1 aromatic carbocycles. The average molecular weight is 382 g/mol. The molecule has 1 aliphatic heterocycles. The zero-order chi connectivity index (χ0) is 16.1. The summed E-state index contributed by atoms with van der Waals surface area (Å²) in [5.74, 6) is 0.0924. The number of halogens is 3. The first-order valence-electron chi connectivity index (χ1n) is 7.53. The van der Waals surface area contributed by atoms with Gasteiger partial charge in [0.2, 0.25) is 5.91 Å². The third kappa shape index (κ3) is 6.12. The van der Waals surface area contributed by atoms with Gasteiger partial charge in [0, 0.05) is 25.7 Å². The molecule has 0 aliphatic carbocycles. The Labute approximate surface area is 153 Å². The zero-order valence-electron chi connectivity index (χ0n) is 13.4. The van der Waals surface area contributed by atoms with Crippen molar-refractivity contribution in [3.8, 4) is 0 Å². The second-order valence-corrected chi connectivity index (χ2v) is 6.58. The Bertz CT molecular complexity index is 520. The lowest BCUT2D eigenvalue weighted by Gasteiger charge is -2.30. The Morgan fingerprint density at radius 2 is 2.13 bits per heavy atom. The maximum Gasteiger partial charge on any atom is 0.225 e. The van der Waals surface area contributed by atoms with Crippen molar-refractivity contribution in [2.45, 2.75) is 39.0 Å². The predicted molar refractivity (Wildman–Crippen MR) is 96.6 cm³/mol. The van der Waals surface area contributed by atoms with Gasteiger partial charge in [0.05, 0.1) is 29.2 Å². The van der Waals surface area contributed by atoms with Gasteiger partial charge >= 0.3 is 0 Å². The minimum Gasteiger partial charge on any atom is -0.375 e. The fraction of sp³-hybridized carbons (Fsp3) is 0.562. The van der Waals surface area contributed by atoms with Crippen LogP contribution in [0.5, 0.6) is 0 Å². The molecule has 1 unspecified atom stereocenters. The van der Waals surface area contributed by atoms with Crippen molar-refractivity contribution in [2.24, 2.45) is 0 Å². The minimum atomic E-state index is -0.0451. The van der Waals surface area contributed by atoms with E-state index in [1.165, 1.54) is 0 Å². The molecule has 1 aliphatic rings. The zero-order valence-corrected chi connectivity index (χ0v) is 15.7. The lowest BCUT2D eigenvalue weighted by molar-refractivity contribution is -0.137. The topological polar surface area (TPSA) is 41.6 Å². The van der Waals surface area contributed by atoms with E-state index in [2.05, 4.69) is 5.32 Å². The van der Waals surface area contributed by atoms with Gasteiger partial charge < -0.3 is 15.0 Å². The lowest BCUT2D eigenvalue weighted by atomic mass is 10.1. The molecule has 130 valence electrons. The van der Waals surface area contributed by atoms with Crippen LogP contribution in [0.25, 0.3) is 0 Å². The van der Waals surface area contributed by atoms with E-state index in [0.717, 1.165) is 18.7 Å². The van der Waals surface area contributed by atoms with Gasteiger partial charge in [-0.25, -0.2) is 0 Å². The van der Waals surface area contributed by atoms with Crippen LogP contribution in [-0.2, 0) is 16.1 Å². The van der Waals surface area contributed by atoms with Crippen LogP contribution < -0.4 is 5.32 Å². The van der Waals surface area contributed by atoms with Gasteiger partial charge in [-0.1, -0.05) is 29.3 Å². The Kier molecular flexibility index (Phi) is 8.65. The van der Waals surface area contributed by atoms with Crippen molar-refractivity contribution >= 4 is 41.5 Å². The number of amides is 1. The Morgan fingerprint density at radius 1 is 1.39 bits per heavy atom. The fourth-order valence-corrected chi connectivity index (χ4v) is 2.78. The highest BCUT2D eigenvalue weighted by Gasteiger charge is 2.23. The molecular weight excluding hydrogens is 359 g/mol. The largest absolute Gasteiger partial charge is 0.375 e. The maximum absolute atomic E-state index is 12.6. The van der Waals surface area contributed by atoms with Crippen molar-refractivity contribution < 1.29 is 9.53 Å². The normalized spacial score (nSPS) is 17.7. The quantitative estimate of drug-likeness (QED) is 0.848. The van der Waals surface area contributed by atoms with Gasteiger partial charge in [0.15, 0.2) is 0 Å². The molecular formula is C16H23Cl3N2O2. The van der Waals surface area contributed by atoms with Gasteiger partial charge in [-0.15, -0.1) is 12.4 Å². The van der Waals surface area contributed by atoms with Crippen molar-refractivity contribution in [3.05, 3.63) is 33.8 Å². The summed E-state index contributed by atoms with van der Waals surface area (Å²) in [6, 6.07) is 5.58. The standard InChI is InChI=1S/C16H22Cl2N2O2.ClH/c1-11(2)20(10-12-3-4-14(17)15(18)7-12)16(21)8-13-9-19-5-6-22-13;/h3-4,7,11,13,19H,5-6,8-10H2,1-2H3;1H. The molecule has 1 amide bonds. The SMILES string of the molecule is CC(C)N(Cc1ccc(Cl)c(Cl)c1)C(=O)CC1CNCCO1.Cl. The molecule has 23 heavy (non-hydrogen) atoms. The molecule has 0 radical (unpaired) electrons. The van der Waals surface area contributed by atoms with Crippen LogP contribution in [0, 0.1) is 0 Å². The summed E-state index contributed by atoms with van der Waals surface area (Å²) < 4.78 is 5.61. The van der Waals surface area contributed by atoms with Crippen LogP contribution in [0.15, 0.2) is 18.2 Å². The van der Waals surface area contributed by atoms with Crippen LogP contribution in [0.3, 0.4) is 0 Å². The highest BCUT2D eigenvalue weighted by Crippen LogP contribution is 2.24. The van der Waals surface area contributed by atoms with Crippen LogP contribution in [0.1, 0.15) is 25.8 Å². The average Bonchev–Trinajstić information content (AvgIpc) is 2.49. The van der Waals surface area contributed by atoms with Gasteiger partial charge in [-0.3, -0.25) is 4.79 Å². The van der Waals surface area contributed by atoms with E-state index in [1.807, 2.05) is 30.9 Å². The summed E-state index contributed by atoms with van der Waals surface area (Å²) in [5.41, 5.74) is 0.971. The first kappa shape index (κ1) is 20.5. The summed E-state index contributed by atoms with van der Waals surface area (Å²) in [6.45, 7) is 6.77. The van der Waals surface area contributed by atoms with Crippen LogP contribution in [0.4, 0.5) is 0 Å². The van der Waals surface area contributed by atoms with E-state index in [9.17, 15) is 4.79 Å². The highest BCUT2D eigenvalue weighted by atomic mass is 35.5. The predicted octanol–water partition coefficient (Wildman–Crippen LogP) is 3.53. The molecule has 1 N–H and O–H groups in total. The molecule has 7 heteroatoms. The number of nitrogens with zero attached hydrogens (tertiary/aromatic N) is 1. The molecule has 4 nitrogen and oxygen atoms in total. The summed E-state index contributed by atoms with van der Waals surface area (Å²) in [5, 5.41) is 4.28. The van der Waals surface area contributed by atoms with Crippen LogP contribution in [0.2, 0.25) is 10.0 Å². The number of hydrogen-bond acceptors (Lipinski definition) is 3. The van der Waals surface area contributed by atoms with Crippen molar-refractivity contribution in [1.82, 2.24) is 10.2 Å². The van der Waals surface area contributed by atoms with Crippen LogP contribution in [-0.4, -0.2) is 42.6 Å². The number of carbonyl (C=O) groups is 1. The van der Waals surface area contributed by atoms with Gasteiger partial charge in [-0.05, 0) is 31.5 Å². The molecule has 1 heterocycles. The Hall–Kier alpha value is -0.520. The minimum absolute atomic E-state index is 0. The Balaban J connectivity index is 0.00000264. The van der Waals surface area contributed by atoms with Crippen molar-refractivity contribution in [3.63, 3.8) is 0 Å². The second kappa shape index (κ2) is 9.70. The number of nitrogens with one attached hydrogen (secondary N) is 1. The summed E-state index contributed by atoms with van der Waals surface area (Å²) >= 11 is 12.0. The molecule has 1 aromatic rings. The number of benzene rings is 1. The van der Waals surface area contributed by atoms with Crippen LogP contribution >= 0.6 is 35.6 Å². The third-order valence-corrected chi connectivity index (χ3v) is 4.43. The van der Waals surface area contributed by atoms with E-state index >= 15 is 0 Å². The van der Waals surface area contributed by atoms with Gasteiger partial charge in [-0.2, -0.15) is 0 Å². The Morgan fingerprint density at radius 3 is 2.70 bits per heavy atom. The number of morpholine rings is 1. The lowest BCUT2D eigenvalue weighted by Crippen LogP contribution is -2.44. The van der Waals surface area contributed by atoms with E-state index in [-0.39, 0.29) is 30.5 Å². The summed E-state index contributed by atoms with van der Waals surface area (Å²) in [4.78, 5) is 14.4. The highest BCUT2D eigenvalue weighted by molar-refractivity contribution is 6.42. The van der Waals surface area contributed by atoms with Gasteiger partial charge in [0.25, 0.3) is 0 Å². The first-order chi connectivity index (χ1) is 10.5.